The van der Waals surface area contributed by atoms with Crippen molar-refractivity contribution in [2.45, 2.75) is 13.5 Å². The second-order valence-corrected chi connectivity index (χ2v) is 7.55. The van der Waals surface area contributed by atoms with Crippen LogP contribution >= 0.6 is 27.3 Å². The average Bonchev–Trinajstić information content (AvgIpc) is 3.29. The first-order valence-electron chi connectivity index (χ1n) is 8.20. The molecule has 0 spiro atoms. The van der Waals surface area contributed by atoms with Gasteiger partial charge in [-0.1, -0.05) is 28.1 Å². The van der Waals surface area contributed by atoms with Crippen molar-refractivity contribution in [2.24, 2.45) is 0 Å². The van der Waals surface area contributed by atoms with Gasteiger partial charge in [0.25, 0.3) is 5.91 Å². The van der Waals surface area contributed by atoms with Crippen LogP contribution in [0.2, 0.25) is 0 Å². The summed E-state index contributed by atoms with van der Waals surface area (Å²) in [5, 5.41) is 5.72. The SMILES string of the molecule is Cc1c(C(=O)Nc2ccccc2OCc2cscn2)oc2ccc(Br)cc12. The number of furan rings is 1. The van der Waals surface area contributed by atoms with E-state index in [4.69, 9.17) is 9.15 Å². The Kier molecular flexibility index (Phi) is 4.96. The minimum Gasteiger partial charge on any atom is -0.485 e. The van der Waals surface area contributed by atoms with Gasteiger partial charge in [-0.15, -0.1) is 11.3 Å². The fourth-order valence-corrected chi connectivity index (χ4v) is 3.65. The van der Waals surface area contributed by atoms with Gasteiger partial charge in [0.1, 0.15) is 17.9 Å². The van der Waals surface area contributed by atoms with E-state index in [9.17, 15) is 4.79 Å². The molecule has 1 amide bonds. The third-order valence-electron chi connectivity index (χ3n) is 4.10. The number of nitrogens with zero attached hydrogens (tertiary/aromatic N) is 1. The molecule has 2 aromatic carbocycles. The third kappa shape index (κ3) is 3.74. The van der Waals surface area contributed by atoms with Crippen molar-refractivity contribution < 1.29 is 13.9 Å². The first-order valence-corrected chi connectivity index (χ1v) is 9.94. The Morgan fingerprint density at radius 1 is 1.30 bits per heavy atom. The summed E-state index contributed by atoms with van der Waals surface area (Å²) in [5.74, 6) is 0.553. The van der Waals surface area contributed by atoms with Crippen molar-refractivity contribution in [3.8, 4) is 5.75 Å². The largest absolute Gasteiger partial charge is 0.485 e. The van der Waals surface area contributed by atoms with Crippen molar-refractivity contribution in [1.29, 1.82) is 0 Å². The second-order valence-electron chi connectivity index (χ2n) is 5.92. The van der Waals surface area contributed by atoms with Gasteiger partial charge in [0.2, 0.25) is 0 Å². The summed E-state index contributed by atoms with van der Waals surface area (Å²) < 4.78 is 12.5. The lowest BCUT2D eigenvalue weighted by Gasteiger charge is -2.11. The zero-order chi connectivity index (χ0) is 18.8. The molecular formula is C20H15BrN2O3S. The molecule has 0 aliphatic carbocycles. The number of aryl methyl sites for hydroxylation is 1. The fraction of sp³-hybridized carbons (Fsp3) is 0.100. The van der Waals surface area contributed by atoms with E-state index in [1.807, 2.05) is 48.7 Å². The molecule has 0 fully saturated rings. The number of carbonyl (C=O) groups is 1. The molecule has 0 unspecified atom stereocenters. The molecule has 2 heterocycles. The van der Waals surface area contributed by atoms with Crippen molar-refractivity contribution in [3.05, 3.63) is 74.8 Å². The number of halogens is 1. The summed E-state index contributed by atoms with van der Waals surface area (Å²) in [7, 11) is 0. The average molecular weight is 443 g/mol. The van der Waals surface area contributed by atoms with Crippen LogP contribution in [-0.4, -0.2) is 10.9 Å². The molecule has 1 N–H and O–H groups in total. The lowest BCUT2D eigenvalue weighted by atomic mass is 10.1. The Morgan fingerprint density at radius 3 is 2.96 bits per heavy atom. The highest BCUT2D eigenvalue weighted by atomic mass is 79.9. The van der Waals surface area contributed by atoms with Crippen LogP contribution in [0.4, 0.5) is 5.69 Å². The maximum Gasteiger partial charge on any atom is 0.291 e. The van der Waals surface area contributed by atoms with Crippen LogP contribution in [0, 0.1) is 6.92 Å². The zero-order valence-electron chi connectivity index (χ0n) is 14.4. The predicted molar refractivity (Wildman–Crippen MR) is 109 cm³/mol. The highest BCUT2D eigenvalue weighted by molar-refractivity contribution is 9.10. The summed E-state index contributed by atoms with van der Waals surface area (Å²) in [5.41, 5.74) is 4.66. The van der Waals surface area contributed by atoms with Gasteiger partial charge in [-0.25, -0.2) is 4.98 Å². The molecule has 0 aliphatic heterocycles. The van der Waals surface area contributed by atoms with E-state index in [0.29, 0.717) is 23.6 Å². The molecule has 0 saturated carbocycles. The van der Waals surface area contributed by atoms with Crippen LogP contribution in [0.3, 0.4) is 0 Å². The summed E-state index contributed by atoms with van der Waals surface area (Å²) in [4.78, 5) is 17.0. The number of ether oxygens (including phenoxy) is 1. The quantitative estimate of drug-likeness (QED) is 0.424. The number of hydrogen-bond acceptors (Lipinski definition) is 5. The molecule has 27 heavy (non-hydrogen) atoms. The van der Waals surface area contributed by atoms with Gasteiger partial charge < -0.3 is 14.5 Å². The maximum absolute atomic E-state index is 12.8. The molecule has 0 radical (unpaired) electrons. The number of rotatable bonds is 5. The first-order chi connectivity index (χ1) is 13.1. The Balaban J connectivity index is 1.57. The summed E-state index contributed by atoms with van der Waals surface area (Å²) >= 11 is 4.96. The minimum atomic E-state index is -0.315. The number of amides is 1. The smallest absolute Gasteiger partial charge is 0.291 e. The van der Waals surface area contributed by atoms with Crippen LogP contribution in [0.15, 0.2) is 62.2 Å². The van der Waals surface area contributed by atoms with E-state index < -0.39 is 0 Å². The Morgan fingerprint density at radius 2 is 2.15 bits per heavy atom. The maximum atomic E-state index is 12.8. The highest BCUT2D eigenvalue weighted by Gasteiger charge is 2.19. The van der Waals surface area contributed by atoms with Gasteiger partial charge in [-0.3, -0.25) is 4.79 Å². The molecule has 0 saturated heterocycles. The molecule has 5 nitrogen and oxygen atoms in total. The number of thiazole rings is 1. The third-order valence-corrected chi connectivity index (χ3v) is 5.23. The van der Waals surface area contributed by atoms with E-state index in [-0.39, 0.29) is 11.7 Å². The van der Waals surface area contributed by atoms with Gasteiger partial charge >= 0.3 is 0 Å². The number of benzene rings is 2. The summed E-state index contributed by atoms with van der Waals surface area (Å²) in [6, 6.07) is 13.0. The second kappa shape index (κ2) is 7.54. The number of hydrogen-bond donors (Lipinski definition) is 1. The van der Waals surface area contributed by atoms with Gasteiger partial charge in [0.15, 0.2) is 5.76 Å². The normalized spacial score (nSPS) is 10.9. The molecule has 4 rings (SSSR count). The van der Waals surface area contributed by atoms with Crippen LogP contribution in [0.5, 0.6) is 5.75 Å². The van der Waals surface area contributed by atoms with E-state index >= 15 is 0 Å². The molecule has 2 aromatic heterocycles. The lowest BCUT2D eigenvalue weighted by Crippen LogP contribution is -2.13. The number of nitrogens with one attached hydrogen (secondary N) is 1. The van der Waals surface area contributed by atoms with E-state index in [1.54, 1.807) is 11.6 Å². The first kappa shape index (κ1) is 17.8. The Labute approximate surface area is 168 Å². The number of para-hydroxylation sites is 2. The van der Waals surface area contributed by atoms with Crippen molar-refractivity contribution in [1.82, 2.24) is 4.98 Å². The number of aromatic nitrogens is 1. The molecule has 136 valence electrons. The molecule has 0 atom stereocenters. The van der Waals surface area contributed by atoms with E-state index in [1.165, 1.54) is 11.3 Å². The van der Waals surface area contributed by atoms with Gasteiger partial charge in [0, 0.05) is 20.8 Å². The van der Waals surface area contributed by atoms with Crippen molar-refractivity contribution >= 4 is 49.8 Å². The van der Waals surface area contributed by atoms with E-state index in [0.717, 1.165) is 21.1 Å². The lowest BCUT2D eigenvalue weighted by molar-refractivity contribution is 0.0997. The molecule has 7 heteroatoms. The predicted octanol–water partition coefficient (Wildman–Crippen LogP) is 5.79. The number of fused-ring (bicyclic) bond motifs is 1. The Hall–Kier alpha value is -2.64. The van der Waals surface area contributed by atoms with Gasteiger partial charge in [-0.05, 0) is 37.3 Å². The van der Waals surface area contributed by atoms with Gasteiger partial charge in [0.05, 0.1) is 16.9 Å². The van der Waals surface area contributed by atoms with Crippen LogP contribution in [-0.2, 0) is 6.61 Å². The topological polar surface area (TPSA) is 64.4 Å². The minimum absolute atomic E-state index is 0.289. The van der Waals surface area contributed by atoms with E-state index in [2.05, 4.69) is 26.2 Å². The Bertz CT molecular complexity index is 1110. The van der Waals surface area contributed by atoms with Crippen molar-refractivity contribution in [3.63, 3.8) is 0 Å². The van der Waals surface area contributed by atoms with Crippen molar-refractivity contribution in [2.75, 3.05) is 5.32 Å². The molecule has 0 aliphatic rings. The fourth-order valence-electron chi connectivity index (χ4n) is 2.75. The van der Waals surface area contributed by atoms with Gasteiger partial charge in [-0.2, -0.15) is 0 Å². The molecule has 0 bridgehead atoms. The summed E-state index contributed by atoms with van der Waals surface area (Å²) in [6.45, 7) is 2.21. The monoisotopic (exact) mass is 442 g/mol. The van der Waals surface area contributed by atoms with Crippen LogP contribution in [0.1, 0.15) is 21.8 Å². The summed E-state index contributed by atoms with van der Waals surface area (Å²) in [6.07, 6.45) is 0. The molecular weight excluding hydrogens is 428 g/mol. The molecule has 4 aromatic rings. The number of carbonyl (C=O) groups excluding carboxylic acids is 1. The van der Waals surface area contributed by atoms with Crippen LogP contribution in [0.25, 0.3) is 11.0 Å². The standard InChI is InChI=1S/C20H15BrN2O3S/c1-12-15-8-13(21)6-7-17(15)26-19(12)20(24)23-16-4-2-3-5-18(16)25-9-14-10-27-11-22-14/h2-8,10-11H,9H2,1H3,(H,23,24). The van der Waals surface area contributed by atoms with Crippen LogP contribution < -0.4 is 10.1 Å². The number of anilines is 1. The zero-order valence-corrected chi connectivity index (χ0v) is 16.8. The highest BCUT2D eigenvalue weighted by Crippen LogP contribution is 2.30.